The quantitative estimate of drug-likeness (QED) is 0.739. The molecule has 0 bridgehead atoms. The van der Waals surface area contributed by atoms with Gasteiger partial charge in [0.2, 0.25) is 0 Å². The first-order valence-electron chi connectivity index (χ1n) is 5.54. The second-order valence-electron chi connectivity index (χ2n) is 3.95. The number of halogens is 1. The van der Waals surface area contributed by atoms with Crippen LogP contribution >= 0.6 is 15.9 Å². The maximum absolute atomic E-state index is 9.96. The molecule has 1 N–H and O–H groups in total. The zero-order valence-electron chi connectivity index (χ0n) is 9.73. The molecule has 0 aliphatic carbocycles. The molecule has 1 aromatic heterocycles. The SMILES string of the molecule is Oc1ccc2cc(Br)ccc2c1/C=N\n1cnnc1. The first-order chi connectivity index (χ1) is 9.24. The van der Waals surface area contributed by atoms with Crippen molar-refractivity contribution in [3.05, 3.63) is 53.0 Å². The lowest BCUT2D eigenvalue weighted by Crippen LogP contribution is -1.90. The monoisotopic (exact) mass is 316 g/mol. The molecule has 6 heteroatoms. The third-order valence-electron chi connectivity index (χ3n) is 2.73. The number of benzene rings is 2. The van der Waals surface area contributed by atoms with Crippen LogP contribution in [0.1, 0.15) is 5.56 Å². The fourth-order valence-corrected chi connectivity index (χ4v) is 2.21. The third-order valence-corrected chi connectivity index (χ3v) is 3.22. The average molecular weight is 317 g/mol. The van der Waals surface area contributed by atoms with E-state index in [1.54, 1.807) is 12.3 Å². The van der Waals surface area contributed by atoms with Gasteiger partial charge in [-0.3, -0.25) is 0 Å². The molecule has 0 radical (unpaired) electrons. The van der Waals surface area contributed by atoms with Gasteiger partial charge < -0.3 is 5.11 Å². The molecule has 0 unspecified atom stereocenters. The van der Waals surface area contributed by atoms with Gasteiger partial charge in [0, 0.05) is 10.0 Å². The van der Waals surface area contributed by atoms with Gasteiger partial charge in [0.1, 0.15) is 18.4 Å². The molecule has 0 saturated heterocycles. The van der Waals surface area contributed by atoms with Crippen molar-refractivity contribution in [2.45, 2.75) is 0 Å². The molecule has 0 atom stereocenters. The highest BCUT2D eigenvalue weighted by Gasteiger charge is 2.05. The molecule has 3 aromatic rings. The minimum Gasteiger partial charge on any atom is -0.507 e. The van der Waals surface area contributed by atoms with E-state index >= 15 is 0 Å². The predicted octanol–water partition coefficient (Wildman–Crippen LogP) is 2.78. The topological polar surface area (TPSA) is 63.3 Å². The summed E-state index contributed by atoms with van der Waals surface area (Å²) in [6.07, 6.45) is 4.56. The highest BCUT2D eigenvalue weighted by atomic mass is 79.9. The van der Waals surface area contributed by atoms with E-state index in [0.717, 1.165) is 15.2 Å². The van der Waals surface area contributed by atoms with Crippen LogP contribution in [0.25, 0.3) is 10.8 Å². The van der Waals surface area contributed by atoms with Crippen molar-refractivity contribution >= 4 is 32.9 Å². The van der Waals surface area contributed by atoms with E-state index in [1.165, 1.54) is 17.3 Å². The summed E-state index contributed by atoms with van der Waals surface area (Å²) in [5, 5.41) is 23.4. The molecule has 94 valence electrons. The maximum Gasteiger partial charge on any atom is 0.141 e. The maximum atomic E-state index is 9.96. The predicted molar refractivity (Wildman–Crippen MR) is 76.3 cm³/mol. The second-order valence-corrected chi connectivity index (χ2v) is 4.87. The van der Waals surface area contributed by atoms with Crippen LogP contribution in [0.3, 0.4) is 0 Å². The summed E-state index contributed by atoms with van der Waals surface area (Å²) in [5.74, 6) is 0.187. The van der Waals surface area contributed by atoms with Crippen LogP contribution in [0.2, 0.25) is 0 Å². The molecule has 3 rings (SSSR count). The smallest absolute Gasteiger partial charge is 0.141 e. The number of aromatic hydroxyl groups is 1. The van der Waals surface area contributed by atoms with E-state index in [1.807, 2.05) is 24.3 Å². The summed E-state index contributed by atoms with van der Waals surface area (Å²) >= 11 is 3.43. The summed E-state index contributed by atoms with van der Waals surface area (Å²) in [4.78, 5) is 0. The van der Waals surface area contributed by atoms with E-state index < -0.39 is 0 Å². The van der Waals surface area contributed by atoms with Crippen LogP contribution in [0.4, 0.5) is 0 Å². The second kappa shape index (κ2) is 4.81. The van der Waals surface area contributed by atoms with Crippen LogP contribution in [-0.4, -0.2) is 26.2 Å². The molecule has 19 heavy (non-hydrogen) atoms. The van der Waals surface area contributed by atoms with Crippen molar-refractivity contribution < 1.29 is 5.11 Å². The molecule has 0 fully saturated rings. The van der Waals surface area contributed by atoms with Crippen LogP contribution in [0, 0.1) is 0 Å². The van der Waals surface area contributed by atoms with E-state index in [9.17, 15) is 5.11 Å². The number of nitrogens with zero attached hydrogens (tertiary/aromatic N) is 4. The molecule has 0 saturated carbocycles. The molecule has 1 heterocycles. The van der Waals surface area contributed by atoms with Crippen molar-refractivity contribution in [3.8, 4) is 5.75 Å². The molecule has 0 aliphatic heterocycles. The van der Waals surface area contributed by atoms with Gasteiger partial charge in [0.15, 0.2) is 0 Å². The van der Waals surface area contributed by atoms with Crippen molar-refractivity contribution in [2.24, 2.45) is 5.10 Å². The largest absolute Gasteiger partial charge is 0.507 e. The Balaban J connectivity index is 2.14. The fraction of sp³-hybridized carbons (Fsp3) is 0. The Labute approximate surface area is 117 Å². The number of hydrogen-bond donors (Lipinski definition) is 1. The van der Waals surface area contributed by atoms with Crippen molar-refractivity contribution in [2.75, 3.05) is 0 Å². The van der Waals surface area contributed by atoms with Crippen molar-refractivity contribution in [1.29, 1.82) is 0 Å². The van der Waals surface area contributed by atoms with Gasteiger partial charge in [0.05, 0.1) is 6.21 Å². The van der Waals surface area contributed by atoms with Gasteiger partial charge in [-0.1, -0.05) is 28.1 Å². The number of aromatic nitrogens is 3. The standard InChI is InChI=1S/C13H9BrN4O/c14-10-2-3-11-9(5-10)1-4-13(19)12(11)6-17-18-7-15-16-8-18/h1-8,19H/b17-6-. The molecule has 0 amide bonds. The van der Waals surface area contributed by atoms with E-state index in [2.05, 4.69) is 31.2 Å². The lowest BCUT2D eigenvalue weighted by atomic mass is 10.0. The summed E-state index contributed by atoms with van der Waals surface area (Å²) in [6.45, 7) is 0. The number of phenolic OH excluding ortho intramolecular Hbond substituents is 1. The highest BCUT2D eigenvalue weighted by Crippen LogP contribution is 2.27. The fourth-order valence-electron chi connectivity index (χ4n) is 1.83. The number of rotatable bonds is 2. The first-order valence-corrected chi connectivity index (χ1v) is 6.33. The molecule has 0 aliphatic rings. The van der Waals surface area contributed by atoms with Gasteiger partial charge in [-0.05, 0) is 29.0 Å². The Kier molecular flexibility index (Phi) is 3.00. The zero-order valence-corrected chi connectivity index (χ0v) is 11.3. The molecular weight excluding hydrogens is 308 g/mol. The van der Waals surface area contributed by atoms with Crippen LogP contribution < -0.4 is 0 Å². The van der Waals surface area contributed by atoms with Crippen molar-refractivity contribution in [1.82, 2.24) is 14.9 Å². The average Bonchev–Trinajstić information content (AvgIpc) is 2.91. The van der Waals surface area contributed by atoms with E-state index in [-0.39, 0.29) is 5.75 Å². The lowest BCUT2D eigenvalue weighted by molar-refractivity contribution is 0.475. The van der Waals surface area contributed by atoms with Gasteiger partial charge in [-0.15, -0.1) is 10.2 Å². The Morgan fingerprint density at radius 1 is 1.16 bits per heavy atom. The molecule has 0 spiro atoms. The van der Waals surface area contributed by atoms with Gasteiger partial charge >= 0.3 is 0 Å². The summed E-state index contributed by atoms with van der Waals surface area (Å²) in [5.41, 5.74) is 0.665. The number of phenols is 1. The minimum atomic E-state index is 0.187. The zero-order chi connectivity index (χ0) is 13.2. The highest BCUT2D eigenvalue weighted by molar-refractivity contribution is 9.10. The van der Waals surface area contributed by atoms with Gasteiger partial charge in [-0.2, -0.15) is 5.10 Å². The van der Waals surface area contributed by atoms with E-state index in [4.69, 9.17) is 0 Å². The Bertz CT molecular complexity index is 753. The molecular formula is C13H9BrN4O. The van der Waals surface area contributed by atoms with Crippen LogP contribution in [-0.2, 0) is 0 Å². The summed E-state index contributed by atoms with van der Waals surface area (Å²) in [7, 11) is 0. The van der Waals surface area contributed by atoms with Gasteiger partial charge in [-0.25, -0.2) is 4.68 Å². The van der Waals surface area contributed by atoms with E-state index in [0.29, 0.717) is 5.56 Å². The third kappa shape index (κ3) is 2.34. The first kappa shape index (κ1) is 11.9. The van der Waals surface area contributed by atoms with Crippen molar-refractivity contribution in [3.63, 3.8) is 0 Å². The molecule has 5 nitrogen and oxygen atoms in total. The molecule has 2 aromatic carbocycles. The summed E-state index contributed by atoms with van der Waals surface area (Å²) in [6, 6.07) is 9.38. The van der Waals surface area contributed by atoms with Crippen LogP contribution in [0.15, 0.2) is 52.6 Å². The Hall–Kier alpha value is -2.21. The Morgan fingerprint density at radius 2 is 1.95 bits per heavy atom. The number of fused-ring (bicyclic) bond motifs is 1. The normalized spacial score (nSPS) is 11.4. The van der Waals surface area contributed by atoms with Gasteiger partial charge in [0.25, 0.3) is 0 Å². The lowest BCUT2D eigenvalue weighted by Gasteiger charge is -2.05. The number of hydrogen-bond acceptors (Lipinski definition) is 4. The van der Waals surface area contributed by atoms with Crippen LogP contribution in [0.5, 0.6) is 5.75 Å². The summed E-state index contributed by atoms with van der Waals surface area (Å²) < 4.78 is 2.46. The Morgan fingerprint density at radius 3 is 2.74 bits per heavy atom. The minimum absolute atomic E-state index is 0.187.